The molecule has 212 valence electrons. The van der Waals surface area contributed by atoms with Crippen LogP contribution >= 0.6 is 0 Å². The van der Waals surface area contributed by atoms with Crippen LogP contribution in [0, 0.1) is 40.4 Å². The molecule has 6 atom stereocenters. The minimum Gasteiger partial charge on any atom is -0.458 e. The van der Waals surface area contributed by atoms with E-state index in [9.17, 15) is 27.6 Å². The molecule has 0 spiro atoms. The van der Waals surface area contributed by atoms with Crippen LogP contribution in [0.25, 0.3) is 0 Å². The van der Waals surface area contributed by atoms with Crippen LogP contribution in [0.15, 0.2) is 47.1 Å². The van der Waals surface area contributed by atoms with Gasteiger partial charge in [-0.1, -0.05) is 37.5 Å². The van der Waals surface area contributed by atoms with Crippen molar-refractivity contribution in [3.05, 3.63) is 52.6 Å². The van der Waals surface area contributed by atoms with Gasteiger partial charge in [0.1, 0.15) is 0 Å². The minimum atomic E-state index is -4.77. The van der Waals surface area contributed by atoms with E-state index < -0.39 is 35.4 Å². The molecule has 1 unspecified atom stereocenters. The number of rotatable bonds is 4. The summed E-state index contributed by atoms with van der Waals surface area (Å²) in [5, 5.41) is 0. The van der Waals surface area contributed by atoms with E-state index in [4.69, 9.17) is 10.5 Å². The number of alkyl halides is 3. The average Bonchev–Trinajstić information content (AvgIpc) is 3.19. The van der Waals surface area contributed by atoms with Crippen molar-refractivity contribution in [3.8, 4) is 11.8 Å². The molecule has 2 N–H and O–H groups in total. The lowest BCUT2D eigenvalue weighted by Gasteiger charge is -2.55. The molecule has 8 heteroatoms. The van der Waals surface area contributed by atoms with E-state index in [0.29, 0.717) is 31.4 Å². The van der Waals surface area contributed by atoms with Gasteiger partial charge in [-0.3, -0.25) is 14.4 Å². The molecule has 1 aromatic carbocycles. The van der Waals surface area contributed by atoms with Crippen LogP contribution in [-0.2, 0) is 19.1 Å². The quantitative estimate of drug-likeness (QED) is 0.277. The maximum absolute atomic E-state index is 13.8. The van der Waals surface area contributed by atoms with Crippen molar-refractivity contribution in [3.63, 3.8) is 0 Å². The maximum atomic E-state index is 13.8. The zero-order valence-corrected chi connectivity index (χ0v) is 23.0. The van der Waals surface area contributed by atoms with E-state index in [2.05, 4.69) is 12.8 Å². The molecule has 0 aliphatic heterocycles. The van der Waals surface area contributed by atoms with Crippen molar-refractivity contribution in [1.29, 1.82) is 0 Å². The molecule has 4 aliphatic rings. The summed E-state index contributed by atoms with van der Waals surface area (Å²) in [7, 11) is 0. The number of benzene rings is 1. The molecule has 0 bridgehead atoms. The predicted octanol–water partition coefficient (Wildman–Crippen LogP) is 6.10. The Kier molecular flexibility index (Phi) is 7.00. The highest BCUT2D eigenvalue weighted by atomic mass is 19.4. The number of hydrogen-bond acceptors (Lipinski definition) is 5. The molecule has 0 amide bonds. The largest absolute Gasteiger partial charge is 0.458 e. The molecular weight excluding hydrogens is 519 g/mol. The highest BCUT2D eigenvalue weighted by Crippen LogP contribution is 2.70. The van der Waals surface area contributed by atoms with Gasteiger partial charge in [0.25, 0.3) is 0 Å². The van der Waals surface area contributed by atoms with Gasteiger partial charge >= 0.3 is 12.1 Å². The second-order valence-electron chi connectivity index (χ2n) is 12.1. The summed E-state index contributed by atoms with van der Waals surface area (Å²) in [5.41, 5.74) is 8.55. The van der Waals surface area contributed by atoms with Crippen LogP contribution in [0.3, 0.4) is 0 Å². The summed E-state index contributed by atoms with van der Waals surface area (Å²) >= 11 is 0. The lowest BCUT2D eigenvalue weighted by molar-refractivity contribution is -0.150. The number of fused-ring (bicyclic) bond motifs is 4. The van der Waals surface area contributed by atoms with Crippen molar-refractivity contribution in [2.24, 2.45) is 28.6 Å². The normalized spacial score (nSPS) is 33.1. The van der Waals surface area contributed by atoms with Crippen LogP contribution < -0.4 is 5.73 Å². The fourth-order valence-corrected chi connectivity index (χ4v) is 8.21. The number of esters is 1. The summed E-state index contributed by atoms with van der Waals surface area (Å²) in [4.78, 5) is 37.7. The Hall–Kier alpha value is -3.34. The minimum absolute atomic E-state index is 0.0211. The van der Waals surface area contributed by atoms with Crippen molar-refractivity contribution < 1.29 is 32.3 Å². The molecule has 0 radical (unpaired) electrons. The maximum Gasteiger partial charge on any atom is 0.457 e. The number of carbonyl (C=O) groups excluding carboxylic acids is 3. The highest BCUT2D eigenvalue weighted by molar-refractivity contribution is 5.93. The molecule has 4 aliphatic carbocycles. The van der Waals surface area contributed by atoms with Gasteiger partial charge in [-0.15, -0.1) is 0 Å². The molecule has 0 aromatic heterocycles. The van der Waals surface area contributed by atoms with Crippen molar-refractivity contribution >= 4 is 23.2 Å². The summed E-state index contributed by atoms with van der Waals surface area (Å²) in [6.07, 6.45) is -0.0719. The van der Waals surface area contributed by atoms with Crippen LogP contribution in [0.1, 0.15) is 70.8 Å². The molecule has 0 heterocycles. The van der Waals surface area contributed by atoms with Crippen LogP contribution in [0.2, 0.25) is 0 Å². The number of allylic oxidation sites excluding steroid dienone is 4. The fraction of sp³-hybridized carbons (Fsp3) is 0.531. The van der Waals surface area contributed by atoms with E-state index in [0.717, 1.165) is 17.6 Å². The monoisotopic (exact) mass is 553 g/mol. The van der Waals surface area contributed by atoms with E-state index in [-0.39, 0.29) is 35.9 Å². The first-order chi connectivity index (χ1) is 18.8. The second-order valence-corrected chi connectivity index (χ2v) is 12.1. The standard InChI is InChI=1S/C32H34F3NO4/c1-18-14-25-27-10-11-31(12-13-32(33,34)35,28(39)17-40-19(2)37)30(27,3)16-26(20-4-6-21(36)7-5-20)29(25)23-9-8-22(38)15-24(18)23/h4-7,15,18,25-27H,8-11,14,16-17,36H2,1-3H3/t18?,25-,26+,27-,30-,31-/m0/s1. The van der Waals surface area contributed by atoms with Crippen LogP contribution in [0.5, 0.6) is 0 Å². The van der Waals surface area contributed by atoms with Gasteiger partial charge in [0.15, 0.2) is 18.2 Å². The Morgan fingerprint density at radius 2 is 1.88 bits per heavy atom. The average molecular weight is 554 g/mol. The number of hydrogen-bond donors (Lipinski definition) is 1. The van der Waals surface area contributed by atoms with Gasteiger partial charge in [0, 0.05) is 30.9 Å². The van der Waals surface area contributed by atoms with E-state index >= 15 is 0 Å². The molecule has 5 nitrogen and oxygen atoms in total. The zero-order valence-electron chi connectivity index (χ0n) is 23.0. The molecule has 1 aromatic rings. The fourth-order valence-electron chi connectivity index (χ4n) is 8.21. The lowest BCUT2D eigenvalue weighted by Crippen LogP contribution is -2.52. The summed E-state index contributed by atoms with van der Waals surface area (Å²) in [5.74, 6) is 2.60. The number of Topliss-reactive ketones (excluding diaryl/α,β-unsaturated/α-hetero) is 1. The number of carbonyl (C=O) groups is 3. The predicted molar refractivity (Wildman–Crippen MR) is 144 cm³/mol. The van der Waals surface area contributed by atoms with Crippen molar-refractivity contribution in [1.82, 2.24) is 0 Å². The highest BCUT2D eigenvalue weighted by Gasteiger charge is 2.66. The second kappa shape index (κ2) is 9.94. The van der Waals surface area contributed by atoms with Crippen molar-refractivity contribution in [2.75, 3.05) is 12.3 Å². The number of ketones is 2. The van der Waals surface area contributed by atoms with E-state index in [1.54, 1.807) is 6.08 Å². The molecular formula is C32H34F3NO4. The first kappa shape index (κ1) is 28.2. The first-order valence-corrected chi connectivity index (χ1v) is 13.9. The zero-order chi connectivity index (χ0) is 29.0. The molecule has 2 fully saturated rings. The van der Waals surface area contributed by atoms with Gasteiger partial charge in [-0.05, 0) is 90.2 Å². The Labute approximate surface area is 232 Å². The molecule has 0 saturated heterocycles. The molecule has 40 heavy (non-hydrogen) atoms. The Morgan fingerprint density at radius 1 is 1.18 bits per heavy atom. The third kappa shape index (κ3) is 4.67. The topological polar surface area (TPSA) is 86.5 Å². The molecule has 2 saturated carbocycles. The van der Waals surface area contributed by atoms with Crippen LogP contribution in [-0.4, -0.2) is 30.3 Å². The summed E-state index contributed by atoms with van der Waals surface area (Å²) < 4.78 is 45.5. The third-order valence-electron chi connectivity index (χ3n) is 9.92. The number of anilines is 1. The number of halogens is 3. The Morgan fingerprint density at radius 3 is 2.52 bits per heavy atom. The van der Waals surface area contributed by atoms with E-state index in [1.165, 1.54) is 24.0 Å². The number of nitrogen functional groups attached to an aromatic ring is 1. The first-order valence-electron chi connectivity index (χ1n) is 13.9. The molecule has 5 rings (SSSR count). The number of nitrogens with two attached hydrogens (primary N) is 1. The van der Waals surface area contributed by atoms with Gasteiger partial charge in [-0.25, -0.2) is 0 Å². The van der Waals surface area contributed by atoms with Gasteiger partial charge in [0.05, 0.1) is 5.41 Å². The Balaban J connectivity index is 1.71. The van der Waals surface area contributed by atoms with E-state index in [1.807, 2.05) is 31.2 Å². The lowest BCUT2D eigenvalue weighted by atomic mass is 9.47. The SMILES string of the molecule is CC(=O)OCC(=O)[C@@]1(C#CC(F)(F)F)CC[C@H]2[C@@H]3CC(C)C4=CC(=O)CCC4=C3[C@@H](c3ccc(N)cc3)C[C@@]21C. The third-order valence-corrected chi connectivity index (χ3v) is 9.92. The summed E-state index contributed by atoms with van der Waals surface area (Å²) in [6, 6.07) is 7.52. The van der Waals surface area contributed by atoms with Gasteiger partial charge in [-0.2, -0.15) is 13.2 Å². The van der Waals surface area contributed by atoms with Crippen molar-refractivity contribution in [2.45, 2.75) is 71.4 Å². The Bertz CT molecular complexity index is 1380. The number of ether oxygens (including phenoxy) is 1. The smallest absolute Gasteiger partial charge is 0.457 e. The van der Waals surface area contributed by atoms with Gasteiger partial charge < -0.3 is 10.5 Å². The summed E-state index contributed by atoms with van der Waals surface area (Å²) in [6.45, 7) is 4.57. The van der Waals surface area contributed by atoms with Gasteiger partial charge in [0.2, 0.25) is 0 Å². The van der Waals surface area contributed by atoms with Crippen LogP contribution in [0.4, 0.5) is 18.9 Å².